The molecule has 3 heterocycles. The van der Waals surface area contributed by atoms with Gasteiger partial charge in [-0.3, -0.25) is 18.5 Å². The molecule has 6 N–H and O–H groups in total. The monoisotopic (exact) mass is 753 g/mol. The first-order valence-corrected chi connectivity index (χ1v) is 20.2. The van der Waals surface area contributed by atoms with Crippen molar-refractivity contribution >= 4 is 32.2 Å². The molecule has 3 aromatic carbocycles. The van der Waals surface area contributed by atoms with Crippen LogP contribution >= 0.6 is 15.2 Å². The van der Waals surface area contributed by atoms with Gasteiger partial charge in [0, 0.05) is 17.7 Å². The smallest absolute Gasteiger partial charge is 0.363 e. The van der Waals surface area contributed by atoms with Crippen LogP contribution in [0, 0.1) is 5.92 Å². The minimum absolute atomic E-state index is 0.0735. The first-order chi connectivity index (χ1) is 24.8. The van der Waals surface area contributed by atoms with Gasteiger partial charge in [-0.1, -0.05) is 74.4 Å². The molecule has 16 nitrogen and oxygen atoms in total. The lowest BCUT2D eigenvalue weighted by atomic mass is 9.76. The maximum atomic E-state index is 13.9. The molecule has 1 fully saturated rings. The molecule has 0 bridgehead atoms. The summed E-state index contributed by atoms with van der Waals surface area (Å²) in [7, 11) is -11.6. The van der Waals surface area contributed by atoms with Gasteiger partial charge in [0.05, 0.1) is 11.0 Å². The van der Waals surface area contributed by atoms with Gasteiger partial charge in [0.15, 0.2) is 5.54 Å². The first kappa shape index (κ1) is 37.5. The van der Waals surface area contributed by atoms with Gasteiger partial charge in [-0.15, -0.1) is 15.3 Å². The van der Waals surface area contributed by atoms with E-state index >= 15 is 0 Å². The Bertz CT molecular complexity index is 2080. The second-order valence-electron chi connectivity index (χ2n) is 13.0. The number of nitrogens with zero attached hydrogens (tertiary/aromatic N) is 6. The highest BCUT2D eigenvalue weighted by molar-refractivity contribution is 7.71. The lowest BCUT2D eigenvalue weighted by Crippen LogP contribution is -2.57. The number of unbranched alkanes of at least 4 members (excludes halogenated alkanes) is 1. The van der Waals surface area contributed by atoms with Crippen LogP contribution in [0.15, 0.2) is 78.9 Å². The second kappa shape index (κ2) is 15.0. The van der Waals surface area contributed by atoms with Crippen LogP contribution in [0.2, 0.25) is 0 Å². The predicted octanol–water partition coefficient (Wildman–Crippen LogP) is 5.74. The van der Waals surface area contributed by atoms with Crippen molar-refractivity contribution in [3.05, 3.63) is 78.9 Å². The maximum absolute atomic E-state index is 13.9. The molecule has 1 saturated heterocycles. The van der Waals surface area contributed by atoms with E-state index in [1.807, 2.05) is 13.0 Å². The fourth-order valence-electron chi connectivity index (χ4n) is 7.56. The molecule has 2 atom stereocenters. The van der Waals surface area contributed by atoms with E-state index in [0.29, 0.717) is 37.1 Å². The molecule has 0 amide bonds. The number of rotatable bonds is 16. The number of hydrogen-bond acceptors (Lipinski definition) is 9. The summed E-state index contributed by atoms with van der Waals surface area (Å²) in [6.07, 6.45) is 1.84. The van der Waals surface area contributed by atoms with Gasteiger partial charge in [-0.2, -0.15) is 5.21 Å². The summed E-state index contributed by atoms with van der Waals surface area (Å²) in [6.45, 7) is 2.31. The third kappa shape index (κ3) is 6.71. The fourth-order valence-corrected chi connectivity index (χ4v) is 10.7. The lowest BCUT2D eigenvalue weighted by Gasteiger charge is -2.41. The van der Waals surface area contributed by atoms with Crippen LogP contribution in [-0.2, 0) is 18.9 Å². The maximum Gasteiger partial charge on any atom is 0.363 e. The molecule has 0 spiro atoms. The van der Waals surface area contributed by atoms with Crippen molar-refractivity contribution in [1.29, 1.82) is 0 Å². The standard InChI is InChI=1S/C34H41N7O9P2/c1-2-3-13-24(33(32(42)43)21-12-23-40(33)50-25-15-5-4-6-16-25)14-11-22-34(51(44,45)46,52(47,48)49)41-29-20-10-9-19-28(29)35-31(41)27-18-8-7-17-26(27)30-36-38-39-37-30/h4-10,15-20,24H,2-3,11-14,21-23H2,1H3,(H,42,43)(H2,44,45,46)(H2,47,48,49)(H,36,37,38,39)/t24?,33-/m0/s1. The number of tetrazole rings is 1. The highest BCUT2D eigenvalue weighted by Crippen LogP contribution is 2.75. The normalized spacial score (nSPS) is 17.8. The van der Waals surface area contributed by atoms with Crippen molar-refractivity contribution in [2.75, 3.05) is 6.54 Å². The Balaban J connectivity index is 1.47. The Morgan fingerprint density at radius 1 is 0.942 bits per heavy atom. The number of carboxylic acids is 1. The molecule has 0 aliphatic carbocycles. The number of aromatic amines is 1. The van der Waals surface area contributed by atoms with Gasteiger partial charge in [0.2, 0.25) is 10.8 Å². The largest absolute Gasteiger partial charge is 0.480 e. The fraction of sp³-hybridized carbons (Fsp3) is 0.382. The van der Waals surface area contributed by atoms with Gasteiger partial charge in [-0.05, 0) is 73.9 Å². The average Bonchev–Trinajstić information content (AvgIpc) is 3.88. The van der Waals surface area contributed by atoms with Crippen LogP contribution < -0.4 is 4.84 Å². The van der Waals surface area contributed by atoms with E-state index in [0.717, 1.165) is 11.0 Å². The van der Waals surface area contributed by atoms with Gasteiger partial charge in [0.1, 0.15) is 11.6 Å². The highest BCUT2D eigenvalue weighted by atomic mass is 31.2. The molecule has 1 aliphatic heterocycles. The second-order valence-corrected chi connectivity index (χ2v) is 17.0. The number of aromatic nitrogens is 6. The number of hydrogen-bond donors (Lipinski definition) is 6. The number of H-pyrrole nitrogens is 1. The predicted molar refractivity (Wildman–Crippen MR) is 191 cm³/mol. The quantitative estimate of drug-likeness (QED) is 0.0660. The zero-order valence-corrected chi connectivity index (χ0v) is 30.2. The molecular weight excluding hydrogens is 712 g/mol. The number of aliphatic carboxylic acids is 1. The number of imidazole rings is 1. The third-order valence-corrected chi connectivity index (χ3v) is 14.2. The van der Waals surface area contributed by atoms with Crippen LogP contribution in [-0.4, -0.2) is 78.0 Å². The number of carboxylic acid groups (broad SMARTS) is 1. The van der Waals surface area contributed by atoms with Crippen molar-refractivity contribution in [3.8, 4) is 28.5 Å². The summed E-state index contributed by atoms with van der Waals surface area (Å²) in [5.74, 6) is -1.23. The van der Waals surface area contributed by atoms with E-state index in [1.54, 1.807) is 66.7 Å². The first-order valence-electron chi connectivity index (χ1n) is 17.0. The molecule has 1 unspecified atom stereocenters. The summed E-state index contributed by atoms with van der Waals surface area (Å²) < 4.78 is 28.7. The summed E-state index contributed by atoms with van der Waals surface area (Å²) in [5, 5.41) is 23.3. The third-order valence-electron chi connectivity index (χ3n) is 9.95. The summed E-state index contributed by atoms with van der Waals surface area (Å²) in [6, 6.07) is 21.7. The Kier molecular flexibility index (Phi) is 10.8. The number of carbonyl (C=O) groups is 1. The molecule has 2 aromatic heterocycles. The number of hydroxylamine groups is 2. The van der Waals surface area contributed by atoms with Gasteiger partial charge in [-0.25, -0.2) is 4.98 Å². The Morgan fingerprint density at radius 3 is 2.25 bits per heavy atom. The molecule has 6 rings (SSSR count). The van der Waals surface area contributed by atoms with Crippen LogP contribution in [0.5, 0.6) is 5.75 Å². The molecule has 52 heavy (non-hydrogen) atoms. The van der Waals surface area contributed by atoms with Crippen LogP contribution in [0.3, 0.4) is 0 Å². The van der Waals surface area contributed by atoms with Crippen LogP contribution in [0.1, 0.15) is 58.3 Å². The van der Waals surface area contributed by atoms with E-state index in [-0.39, 0.29) is 47.5 Å². The summed E-state index contributed by atoms with van der Waals surface area (Å²) in [4.78, 5) is 68.9. The zero-order valence-electron chi connectivity index (χ0n) is 28.4. The Labute approximate surface area is 299 Å². The Hall–Kier alpha value is -4.27. The van der Waals surface area contributed by atoms with Gasteiger partial charge in [0.25, 0.3) is 0 Å². The van der Waals surface area contributed by atoms with Crippen molar-refractivity contribution < 1.29 is 43.4 Å². The number of benzene rings is 3. The average molecular weight is 754 g/mol. The van der Waals surface area contributed by atoms with Crippen molar-refractivity contribution in [2.24, 2.45) is 5.92 Å². The zero-order chi connectivity index (χ0) is 37.1. The van der Waals surface area contributed by atoms with E-state index in [2.05, 4.69) is 25.6 Å². The molecule has 5 aromatic rings. The van der Waals surface area contributed by atoms with E-state index in [1.165, 1.54) is 11.1 Å². The SMILES string of the molecule is CCCCC(CCCC(n1c(-c2ccccc2-c2nn[nH]n2)nc2ccccc21)(P(=O)(O)O)P(=O)(O)O)[C@]1(C(=O)O)CCCN1Oc1ccccc1. The highest BCUT2D eigenvalue weighted by Gasteiger charge is 2.63. The molecule has 276 valence electrons. The van der Waals surface area contributed by atoms with E-state index in [4.69, 9.17) is 4.84 Å². The minimum Gasteiger partial charge on any atom is -0.480 e. The Morgan fingerprint density at radius 2 is 1.60 bits per heavy atom. The molecule has 18 heteroatoms. The summed E-state index contributed by atoms with van der Waals surface area (Å²) in [5.41, 5.74) is -0.585. The molecular formula is C34H41N7O9P2. The number of nitrogens with one attached hydrogen (secondary N) is 1. The van der Waals surface area contributed by atoms with Crippen molar-refractivity contribution in [1.82, 2.24) is 35.2 Å². The van der Waals surface area contributed by atoms with E-state index < -0.39 is 44.1 Å². The van der Waals surface area contributed by atoms with Crippen LogP contribution in [0.4, 0.5) is 0 Å². The van der Waals surface area contributed by atoms with E-state index in [9.17, 15) is 38.6 Å². The minimum atomic E-state index is -5.79. The molecule has 0 radical (unpaired) electrons. The van der Waals surface area contributed by atoms with Gasteiger partial charge < -0.3 is 29.5 Å². The summed E-state index contributed by atoms with van der Waals surface area (Å²) >= 11 is 0. The number of fused-ring (bicyclic) bond motifs is 1. The molecule has 0 saturated carbocycles. The molecule has 1 aliphatic rings. The lowest BCUT2D eigenvalue weighted by molar-refractivity contribution is -0.185. The van der Waals surface area contributed by atoms with Crippen molar-refractivity contribution in [2.45, 2.75) is 68.9 Å². The topological polar surface area (TPSA) is 237 Å². The van der Waals surface area contributed by atoms with Crippen molar-refractivity contribution in [3.63, 3.8) is 0 Å². The van der Waals surface area contributed by atoms with Crippen LogP contribution in [0.25, 0.3) is 33.8 Å². The van der Waals surface area contributed by atoms with Gasteiger partial charge >= 0.3 is 21.2 Å². The number of para-hydroxylation sites is 3.